The maximum atomic E-state index is 12.0. The summed E-state index contributed by atoms with van der Waals surface area (Å²) in [5.41, 5.74) is 0.844. The molecule has 19 heavy (non-hydrogen) atoms. The Hall–Kier alpha value is -1.94. The number of para-hydroxylation sites is 1. The fraction of sp³-hybridized carbons (Fsp3) is 0.200. The molecule has 0 saturated carbocycles. The number of nitrogens with zero attached hydrogens (tertiary/aromatic N) is 1. The van der Waals surface area contributed by atoms with E-state index in [2.05, 4.69) is 0 Å². The van der Waals surface area contributed by atoms with Crippen LogP contribution in [0.25, 0.3) is 0 Å². The third kappa shape index (κ3) is 3.51. The number of amides is 1. The Morgan fingerprint density at radius 3 is 2.42 bits per heavy atom. The van der Waals surface area contributed by atoms with Gasteiger partial charge in [-0.2, -0.15) is 0 Å². The van der Waals surface area contributed by atoms with Gasteiger partial charge in [-0.05, 0) is 23.6 Å². The summed E-state index contributed by atoms with van der Waals surface area (Å²) in [5, 5.41) is 1.87. The van der Waals surface area contributed by atoms with E-state index in [4.69, 9.17) is 0 Å². The first kappa shape index (κ1) is 13.5. The highest BCUT2D eigenvalue weighted by Gasteiger charge is 2.14. The third-order valence-electron chi connectivity index (χ3n) is 2.88. The van der Waals surface area contributed by atoms with Gasteiger partial charge >= 0.3 is 0 Å². The van der Waals surface area contributed by atoms with Crippen molar-refractivity contribution in [3.8, 4) is 0 Å². The topological polar surface area (TPSA) is 37.4 Å². The van der Waals surface area contributed by atoms with Crippen molar-refractivity contribution in [3.05, 3.63) is 52.7 Å². The second-order valence-corrected chi connectivity index (χ2v) is 5.14. The lowest BCUT2D eigenvalue weighted by molar-refractivity contribution is -0.118. The van der Waals surface area contributed by atoms with Gasteiger partial charge in [-0.25, -0.2) is 0 Å². The highest BCUT2D eigenvalue weighted by Crippen LogP contribution is 2.15. The van der Waals surface area contributed by atoms with Gasteiger partial charge in [-0.1, -0.05) is 24.3 Å². The quantitative estimate of drug-likeness (QED) is 0.783. The van der Waals surface area contributed by atoms with Crippen molar-refractivity contribution in [2.45, 2.75) is 12.8 Å². The maximum absolute atomic E-state index is 12.0. The van der Waals surface area contributed by atoms with E-state index in [0.717, 1.165) is 10.6 Å². The van der Waals surface area contributed by atoms with Crippen molar-refractivity contribution in [2.24, 2.45) is 0 Å². The van der Waals surface area contributed by atoms with Crippen LogP contribution in [0.5, 0.6) is 0 Å². The minimum absolute atomic E-state index is 0.0322. The fourth-order valence-corrected chi connectivity index (χ4v) is 2.44. The number of thiophene rings is 1. The average Bonchev–Trinajstić information content (AvgIpc) is 2.98. The molecule has 4 heteroatoms. The van der Waals surface area contributed by atoms with Crippen molar-refractivity contribution in [1.82, 2.24) is 0 Å². The molecule has 1 amide bonds. The number of hydrogen-bond acceptors (Lipinski definition) is 3. The fourth-order valence-electron chi connectivity index (χ4n) is 1.74. The summed E-state index contributed by atoms with van der Waals surface area (Å²) in [6.07, 6.45) is 0.499. The Bertz CT molecular complexity index is 549. The SMILES string of the molecule is CN(C(=O)CCC(=O)c1cccs1)c1ccccc1. The maximum Gasteiger partial charge on any atom is 0.227 e. The molecule has 0 aliphatic carbocycles. The van der Waals surface area contributed by atoms with Crippen LogP contribution in [0.4, 0.5) is 5.69 Å². The normalized spacial score (nSPS) is 10.2. The molecule has 0 fully saturated rings. The second kappa shape index (κ2) is 6.29. The average molecular weight is 273 g/mol. The zero-order valence-corrected chi connectivity index (χ0v) is 11.5. The first-order chi connectivity index (χ1) is 9.18. The van der Waals surface area contributed by atoms with E-state index in [9.17, 15) is 9.59 Å². The van der Waals surface area contributed by atoms with Crippen molar-refractivity contribution in [1.29, 1.82) is 0 Å². The molecule has 0 aliphatic heterocycles. The number of carbonyl (C=O) groups is 2. The molecule has 0 saturated heterocycles. The zero-order chi connectivity index (χ0) is 13.7. The lowest BCUT2D eigenvalue weighted by Crippen LogP contribution is -2.26. The lowest BCUT2D eigenvalue weighted by Gasteiger charge is -2.16. The summed E-state index contributed by atoms with van der Waals surface area (Å²) in [5.74, 6) is -0.0130. The Kier molecular flexibility index (Phi) is 4.47. The molecule has 0 spiro atoms. The first-order valence-electron chi connectivity index (χ1n) is 6.07. The van der Waals surface area contributed by atoms with E-state index in [1.54, 1.807) is 18.0 Å². The van der Waals surface area contributed by atoms with Crippen LogP contribution in [0.1, 0.15) is 22.5 Å². The van der Waals surface area contributed by atoms with E-state index < -0.39 is 0 Å². The number of carbonyl (C=O) groups excluding carboxylic acids is 2. The van der Waals surface area contributed by atoms with Crippen LogP contribution in [0.3, 0.4) is 0 Å². The molecule has 3 nitrogen and oxygen atoms in total. The number of ketones is 1. The monoisotopic (exact) mass is 273 g/mol. The number of hydrogen-bond donors (Lipinski definition) is 0. The first-order valence-corrected chi connectivity index (χ1v) is 6.95. The van der Waals surface area contributed by atoms with Crippen molar-refractivity contribution < 1.29 is 9.59 Å². The van der Waals surface area contributed by atoms with Gasteiger partial charge in [0, 0.05) is 25.6 Å². The molecule has 0 aliphatic rings. The van der Waals surface area contributed by atoms with Crippen molar-refractivity contribution in [2.75, 3.05) is 11.9 Å². The molecule has 0 bridgehead atoms. The van der Waals surface area contributed by atoms with Crippen LogP contribution in [0.15, 0.2) is 47.8 Å². The Balaban J connectivity index is 1.90. The minimum atomic E-state index is -0.0453. The summed E-state index contributed by atoms with van der Waals surface area (Å²) < 4.78 is 0. The Labute approximate surface area is 116 Å². The van der Waals surface area contributed by atoms with Crippen LogP contribution in [-0.4, -0.2) is 18.7 Å². The van der Waals surface area contributed by atoms with Gasteiger partial charge < -0.3 is 4.90 Å². The van der Waals surface area contributed by atoms with Crippen LogP contribution in [0.2, 0.25) is 0 Å². The molecular formula is C15H15NO2S. The molecular weight excluding hydrogens is 258 g/mol. The number of benzene rings is 1. The second-order valence-electron chi connectivity index (χ2n) is 4.19. The molecule has 2 rings (SSSR count). The van der Waals surface area contributed by atoms with Crippen molar-refractivity contribution >= 4 is 28.7 Å². The van der Waals surface area contributed by atoms with E-state index >= 15 is 0 Å². The van der Waals surface area contributed by atoms with E-state index in [-0.39, 0.29) is 24.5 Å². The van der Waals surface area contributed by atoms with Gasteiger partial charge in [0.15, 0.2) is 5.78 Å². The molecule has 0 N–H and O–H groups in total. The summed E-state index contributed by atoms with van der Waals surface area (Å²) in [6, 6.07) is 13.1. The molecule has 0 atom stereocenters. The van der Waals surface area contributed by atoms with Crippen LogP contribution >= 0.6 is 11.3 Å². The van der Waals surface area contributed by atoms with Crippen LogP contribution < -0.4 is 4.90 Å². The third-order valence-corrected chi connectivity index (χ3v) is 3.79. The summed E-state index contributed by atoms with van der Waals surface area (Å²) >= 11 is 1.41. The highest BCUT2D eigenvalue weighted by atomic mass is 32.1. The summed E-state index contributed by atoms with van der Waals surface area (Å²) in [4.78, 5) is 26.1. The van der Waals surface area contributed by atoms with Gasteiger partial charge in [0.1, 0.15) is 0 Å². The molecule has 2 aromatic rings. The van der Waals surface area contributed by atoms with Crippen molar-refractivity contribution in [3.63, 3.8) is 0 Å². The summed E-state index contributed by atoms with van der Waals surface area (Å²) in [7, 11) is 1.73. The van der Waals surface area contributed by atoms with Gasteiger partial charge in [-0.3, -0.25) is 9.59 Å². The van der Waals surface area contributed by atoms with E-state index in [0.29, 0.717) is 0 Å². The number of Topliss-reactive ketones (excluding diaryl/α,β-unsaturated/α-hetero) is 1. The highest BCUT2D eigenvalue weighted by molar-refractivity contribution is 7.12. The predicted octanol–water partition coefficient (Wildman–Crippen LogP) is 3.37. The molecule has 0 radical (unpaired) electrons. The van der Waals surface area contributed by atoms with Crippen LogP contribution in [-0.2, 0) is 4.79 Å². The molecule has 1 aromatic carbocycles. The number of anilines is 1. The lowest BCUT2D eigenvalue weighted by atomic mass is 10.1. The molecule has 98 valence electrons. The molecule has 1 heterocycles. The predicted molar refractivity (Wildman–Crippen MR) is 77.7 cm³/mol. The van der Waals surface area contributed by atoms with Gasteiger partial charge in [-0.15, -0.1) is 11.3 Å². The molecule has 0 unspecified atom stereocenters. The Morgan fingerprint density at radius 2 is 1.79 bits per heavy atom. The van der Waals surface area contributed by atoms with Crippen LogP contribution in [0, 0.1) is 0 Å². The van der Waals surface area contributed by atoms with Gasteiger partial charge in [0.25, 0.3) is 0 Å². The molecule has 1 aromatic heterocycles. The largest absolute Gasteiger partial charge is 0.315 e. The minimum Gasteiger partial charge on any atom is -0.315 e. The standard InChI is InChI=1S/C15H15NO2S/c1-16(12-6-3-2-4-7-12)15(18)10-9-13(17)14-8-5-11-19-14/h2-8,11H,9-10H2,1H3. The number of rotatable bonds is 5. The van der Waals surface area contributed by atoms with E-state index in [1.165, 1.54) is 11.3 Å². The summed E-state index contributed by atoms with van der Waals surface area (Å²) in [6.45, 7) is 0. The van der Waals surface area contributed by atoms with E-state index in [1.807, 2.05) is 41.8 Å². The smallest absolute Gasteiger partial charge is 0.227 e. The Morgan fingerprint density at radius 1 is 1.05 bits per heavy atom. The van der Waals surface area contributed by atoms with Gasteiger partial charge in [0.05, 0.1) is 4.88 Å². The zero-order valence-electron chi connectivity index (χ0n) is 10.7. The van der Waals surface area contributed by atoms with Gasteiger partial charge in [0.2, 0.25) is 5.91 Å².